The first-order chi connectivity index (χ1) is 10.8. The first kappa shape index (κ1) is 14.5. The number of imidazole rings is 1. The lowest BCUT2D eigenvalue weighted by molar-refractivity contribution is 0.786. The molecule has 0 unspecified atom stereocenters. The summed E-state index contributed by atoms with van der Waals surface area (Å²) in [6.45, 7) is 1.29. The van der Waals surface area contributed by atoms with Crippen LogP contribution >= 0.6 is 11.9 Å². The maximum absolute atomic E-state index is 5.96. The molecule has 0 fully saturated rings. The highest BCUT2D eigenvalue weighted by Gasteiger charge is 2.11. The van der Waals surface area contributed by atoms with Gasteiger partial charge in [0.2, 0.25) is 5.95 Å². The van der Waals surface area contributed by atoms with Crippen LogP contribution in [0.1, 0.15) is 5.56 Å². The maximum Gasteiger partial charge on any atom is 0.227 e. The lowest BCUT2D eigenvalue weighted by atomic mass is 10.3. The van der Waals surface area contributed by atoms with Crippen LogP contribution in [0.5, 0.6) is 0 Å². The van der Waals surface area contributed by atoms with Crippen molar-refractivity contribution in [1.29, 1.82) is 0 Å². The first-order valence-electron chi connectivity index (χ1n) is 6.70. The van der Waals surface area contributed by atoms with Crippen molar-refractivity contribution in [2.75, 3.05) is 16.8 Å². The van der Waals surface area contributed by atoms with Crippen molar-refractivity contribution >= 4 is 34.9 Å². The lowest BCUT2D eigenvalue weighted by Gasteiger charge is -2.07. The van der Waals surface area contributed by atoms with Crippen LogP contribution in [0.15, 0.2) is 30.9 Å². The van der Waals surface area contributed by atoms with Crippen molar-refractivity contribution in [3.8, 4) is 0 Å². The van der Waals surface area contributed by atoms with Crippen molar-refractivity contribution < 1.29 is 0 Å². The van der Waals surface area contributed by atoms with Crippen molar-refractivity contribution in [3.05, 3.63) is 36.4 Å². The second-order valence-electron chi connectivity index (χ2n) is 4.63. The van der Waals surface area contributed by atoms with Gasteiger partial charge in [-0.05, 0) is 11.6 Å². The van der Waals surface area contributed by atoms with Crippen molar-refractivity contribution in [2.45, 2.75) is 13.1 Å². The third-order valence-corrected chi connectivity index (χ3v) is 3.53. The molecule has 0 atom stereocenters. The molecule has 0 bridgehead atoms. The van der Waals surface area contributed by atoms with Crippen LogP contribution in [0, 0.1) is 0 Å². The molecular weight excluding hydrogens is 300 g/mol. The van der Waals surface area contributed by atoms with E-state index in [0.29, 0.717) is 29.5 Å². The number of pyridine rings is 1. The Morgan fingerprint density at radius 1 is 1.32 bits per heavy atom. The zero-order valence-electron chi connectivity index (χ0n) is 11.8. The molecule has 0 aliphatic heterocycles. The zero-order chi connectivity index (χ0) is 15.4. The average Bonchev–Trinajstić information content (AvgIpc) is 2.95. The van der Waals surface area contributed by atoms with Crippen LogP contribution in [0.3, 0.4) is 0 Å². The summed E-state index contributed by atoms with van der Waals surface area (Å²) in [4.78, 5) is 17.1. The Kier molecular flexibility index (Phi) is 4.35. The number of rotatable bonds is 6. The predicted octanol–water partition coefficient (Wildman–Crippen LogP) is 1.02. The van der Waals surface area contributed by atoms with Gasteiger partial charge in [0.1, 0.15) is 5.52 Å². The SMILES string of the molecule is NSCCn1cnc2c(N)nc(NCc3cccnc3)nc21. The van der Waals surface area contributed by atoms with E-state index in [1.54, 1.807) is 18.7 Å². The van der Waals surface area contributed by atoms with E-state index < -0.39 is 0 Å². The summed E-state index contributed by atoms with van der Waals surface area (Å²) in [5, 5.41) is 8.62. The summed E-state index contributed by atoms with van der Waals surface area (Å²) in [6.07, 6.45) is 5.23. The minimum Gasteiger partial charge on any atom is -0.382 e. The summed E-state index contributed by atoms with van der Waals surface area (Å²) in [6, 6.07) is 3.86. The first-order valence-corrected chi connectivity index (χ1v) is 7.75. The van der Waals surface area contributed by atoms with Gasteiger partial charge in [0.25, 0.3) is 0 Å². The van der Waals surface area contributed by atoms with E-state index in [1.165, 1.54) is 11.9 Å². The minimum atomic E-state index is 0.359. The van der Waals surface area contributed by atoms with Gasteiger partial charge in [0, 0.05) is 31.2 Å². The highest BCUT2D eigenvalue weighted by Crippen LogP contribution is 2.18. The van der Waals surface area contributed by atoms with Crippen LogP contribution in [0.25, 0.3) is 11.2 Å². The fourth-order valence-corrected chi connectivity index (χ4v) is 2.35. The van der Waals surface area contributed by atoms with Crippen LogP contribution in [-0.4, -0.2) is 30.3 Å². The molecule has 0 saturated heterocycles. The molecule has 3 aromatic heterocycles. The van der Waals surface area contributed by atoms with E-state index in [1.807, 2.05) is 16.7 Å². The Labute approximate surface area is 131 Å². The van der Waals surface area contributed by atoms with Crippen LogP contribution in [-0.2, 0) is 13.1 Å². The molecule has 5 N–H and O–H groups in total. The van der Waals surface area contributed by atoms with Gasteiger partial charge in [-0.3, -0.25) is 10.1 Å². The third kappa shape index (κ3) is 3.10. The van der Waals surface area contributed by atoms with Gasteiger partial charge in [-0.15, -0.1) is 0 Å². The molecule has 0 spiro atoms. The molecule has 3 heterocycles. The van der Waals surface area contributed by atoms with E-state index in [4.69, 9.17) is 10.9 Å². The molecule has 9 heteroatoms. The van der Waals surface area contributed by atoms with Gasteiger partial charge in [-0.25, -0.2) is 4.98 Å². The van der Waals surface area contributed by atoms with Crippen molar-refractivity contribution in [3.63, 3.8) is 0 Å². The number of nitrogens with zero attached hydrogens (tertiary/aromatic N) is 5. The molecule has 114 valence electrons. The summed E-state index contributed by atoms with van der Waals surface area (Å²) < 4.78 is 1.92. The highest BCUT2D eigenvalue weighted by molar-refractivity contribution is 7.97. The number of hydrogen-bond donors (Lipinski definition) is 3. The van der Waals surface area contributed by atoms with E-state index >= 15 is 0 Å². The molecule has 0 amide bonds. The Morgan fingerprint density at radius 3 is 3.00 bits per heavy atom. The second-order valence-corrected chi connectivity index (χ2v) is 5.37. The standard InChI is InChI=1S/C13H16N8S/c14-11-10-12(21(8-18-10)4-5-22-15)20-13(19-11)17-7-9-2-1-3-16-6-9/h1-3,6,8H,4-5,7,15H2,(H3,14,17,19,20). The van der Waals surface area contributed by atoms with Crippen LogP contribution in [0.2, 0.25) is 0 Å². The second kappa shape index (κ2) is 6.58. The van der Waals surface area contributed by atoms with E-state index in [0.717, 1.165) is 17.9 Å². The predicted molar refractivity (Wildman–Crippen MR) is 87.9 cm³/mol. The number of nitrogens with two attached hydrogens (primary N) is 2. The van der Waals surface area contributed by atoms with E-state index in [-0.39, 0.29) is 0 Å². The van der Waals surface area contributed by atoms with Crippen molar-refractivity contribution in [2.24, 2.45) is 5.14 Å². The van der Waals surface area contributed by atoms with Crippen molar-refractivity contribution in [1.82, 2.24) is 24.5 Å². The number of aromatic nitrogens is 5. The van der Waals surface area contributed by atoms with Gasteiger partial charge in [-0.1, -0.05) is 18.0 Å². The number of aryl methyl sites for hydroxylation is 1. The monoisotopic (exact) mass is 316 g/mol. The lowest BCUT2D eigenvalue weighted by Crippen LogP contribution is -2.08. The maximum atomic E-state index is 5.96. The normalized spacial score (nSPS) is 11.0. The minimum absolute atomic E-state index is 0.359. The molecule has 3 rings (SSSR count). The molecule has 0 radical (unpaired) electrons. The Bertz CT molecular complexity index is 757. The van der Waals surface area contributed by atoms with Gasteiger partial charge >= 0.3 is 0 Å². The fourth-order valence-electron chi connectivity index (χ4n) is 2.04. The molecule has 22 heavy (non-hydrogen) atoms. The number of anilines is 2. The molecule has 3 aromatic rings. The molecular formula is C13H16N8S. The molecule has 0 saturated carbocycles. The quantitative estimate of drug-likeness (QED) is 0.576. The van der Waals surface area contributed by atoms with Gasteiger partial charge in [0.15, 0.2) is 11.5 Å². The third-order valence-electron chi connectivity index (χ3n) is 3.11. The van der Waals surface area contributed by atoms with Crippen LogP contribution < -0.4 is 16.2 Å². The Balaban J connectivity index is 1.83. The molecule has 0 aliphatic rings. The summed E-state index contributed by atoms with van der Waals surface area (Å²) in [7, 11) is 0. The number of nitrogens with one attached hydrogen (secondary N) is 1. The zero-order valence-corrected chi connectivity index (χ0v) is 12.6. The molecule has 0 aliphatic carbocycles. The topological polar surface area (TPSA) is 121 Å². The smallest absolute Gasteiger partial charge is 0.227 e. The van der Waals surface area contributed by atoms with Crippen LogP contribution in [0.4, 0.5) is 11.8 Å². The summed E-state index contributed by atoms with van der Waals surface area (Å²) in [5.74, 6) is 1.60. The molecule has 8 nitrogen and oxygen atoms in total. The molecule has 0 aromatic carbocycles. The number of hydrogen-bond acceptors (Lipinski definition) is 8. The van der Waals surface area contributed by atoms with Gasteiger partial charge < -0.3 is 15.6 Å². The van der Waals surface area contributed by atoms with Gasteiger partial charge in [0.05, 0.1) is 6.33 Å². The van der Waals surface area contributed by atoms with Gasteiger partial charge in [-0.2, -0.15) is 9.97 Å². The summed E-state index contributed by atoms with van der Waals surface area (Å²) >= 11 is 1.28. The van der Waals surface area contributed by atoms with E-state index in [9.17, 15) is 0 Å². The fraction of sp³-hybridized carbons (Fsp3) is 0.231. The Morgan fingerprint density at radius 2 is 2.23 bits per heavy atom. The highest BCUT2D eigenvalue weighted by atomic mass is 32.2. The average molecular weight is 316 g/mol. The summed E-state index contributed by atoms with van der Waals surface area (Å²) in [5.41, 5.74) is 8.31. The number of fused-ring (bicyclic) bond motifs is 1. The number of nitrogen functional groups attached to an aromatic ring is 1. The Hall–Kier alpha value is -2.39. The largest absolute Gasteiger partial charge is 0.382 e. The van der Waals surface area contributed by atoms with E-state index in [2.05, 4.69) is 25.3 Å².